The summed E-state index contributed by atoms with van der Waals surface area (Å²) in [6.07, 6.45) is 0. The summed E-state index contributed by atoms with van der Waals surface area (Å²) in [4.78, 5) is 2.42. The fourth-order valence-electron chi connectivity index (χ4n) is 4.37. The van der Waals surface area contributed by atoms with E-state index in [4.69, 9.17) is 0 Å². The van der Waals surface area contributed by atoms with Gasteiger partial charge in [0, 0.05) is 59.9 Å². The molecule has 0 saturated heterocycles. The molecule has 0 bridgehead atoms. The zero-order chi connectivity index (χ0) is 23.8. The predicted molar refractivity (Wildman–Crippen MR) is 144 cm³/mol. The summed E-state index contributed by atoms with van der Waals surface area (Å²) in [6, 6.07) is 13.5. The molecule has 0 spiro atoms. The van der Waals surface area contributed by atoms with Crippen molar-refractivity contribution in [1.82, 2.24) is 4.90 Å². The van der Waals surface area contributed by atoms with Crippen molar-refractivity contribution < 1.29 is 47.2 Å². The van der Waals surface area contributed by atoms with Gasteiger partial charge in [0.05, 0.1) is 0 Å². The zero-order valence-electron chi connectivity index (χ0n) is 23.1. The summed E-state index contributed by atoms with van der Waals surface area (Å²) in [5.41, 5.74) is 8.38. The Morgan fingerprint density at radius 1 is 0.571 bits per heavy atom. The Hall–Kier alpha value is -0.680. The van der Waals surface area contributed by atoms with E-state index in [1.54, 1.807) is 0 Å². The first-order chi connectivity index (χ1) is 15.1. The molecule has 2 aromatic rings. The number of para-hydroxylation sites is 2. The molecule has 1 radical (unpaired) electrons. The molecule has 2 aromatic carbocycles. The van der Waals surface area contributed by atoms with E-state index in [0.717, 1.165) is 26.2 Å². The van der Waals surface area contributed by atoms with Crippen molar-refractivity contribution in [3.05, 3.63) is 58.7 Å². The van der Waals surface area contributed by atoms with Crippen molar-refractivity contribution in [2.75, 3.05) is 43.9 Å². The number of nitrogens with one attached hydrogen (secondary N) is 2. The Balaban J connectivity index is 0. The second kappa shape index (κ2) is 17.7. The van der Waals surface area contributed by atoms with Crippen LogP contribution >= 0.6 is 0 Å². The van der Waals surface area contributed by atoms with E-state index >= 15 is 0 Å². The van der Waals surface area contributed by atoms with Gasteiger partial charge >= 0.3 is 0 Å². The summed E-state index contributed by atoms with van der Waals surface area (Å²) in [5.74, 6) is 2.09. The fraction of sp³-hybridized carbons (Fsp3) is 0.586. The number of anilines is 2. The number of rotatable bonds is 12. The van der Waals surface area contributed by atoms with Gasteiger partial charge in [0.25, 0.3) is 0 Å². The Morgan fingerprint density at radius 2 is 0.829 bits per heavy atom. The first-order valence-corrected chi connectivity index (χ1v) is 12.5. The molecule has 0 aromatic heterocycles. The minimum atomic E-state index is 0. The summed E-state index contributed by atoms with van der Waals surface area (Å²) in [5, 5.41) is 7.54. The van der Waals surface area contributed by atoms with Crippen molar-refractivity contribution in [2.45, 2.75) is 79.1 Å². The molecule has 0 aliphatic heterocycles. The van der Waals surface area contributed by atoms with Gasteiger partial charge in [-0.15, -0.1) is 0 Å². The summed E-state index contributed by atoms with van der Waals surface area (Å²) >= 11 is 0. The molecule has 0 atom stereocenters. The minimum Gasteiger partial charge on any atom is -1.00 e. The van der Waals surface area contributed by atoms with E-state index < -0.39 is 0 Å². The number of likely N-dealkylation sites (N-methyl/N-ethyl adjacent to an activating group) is 1. The van der Waals surface area contributed by atoms with Gasteiger partial charge < -0.3 is 40.3 Å². The van der Waals surface area contributed by atoms with Crippen LogP contribution in [0.25, 0.3) is 0 Å². The first kappa shape index (κ1) is 36.5. The van der Waals surface area contributed by atoms with Crippen molar-refractivity contribution in [3.63, 3.8) is 0 Å². The largest absolute Gasteiger partial charge is 1.00 e. The number of benzene rings is 2. The molecule has 3 nitrogen and oxygen atoms in total. The van der Waals surface area contributed by atoms with E-state index in [1.165, 1.54) is 33.6 Å². The molecular formula is C29H47AgCl2N3-2. The summed E-state index contributed by atoms with van der Waals surface area (Å²) < 4.78 is 0. The van der Waals surface area contributed by atoms with Crippen LogP contribution in [0.4, 0.5) is 11.4 Å². The average Bonchev–Trinajstić information content (AvgIpc) is 2.73. The third-order valence-electron chi connectivity index (χ3n) is 6.34. The van der Waals surface area contributed by atoms with Crippen LogP contribution in [-0.2, 0) is 22.4 Å². The van der Waals surface area contributed by atoms with E-state index in [1.807, 2.05) is 0 Å². The molecule has 0 heterocycles. The first-order valence-electron chi connectivity index (χ1n) is 12.5. The van der Waals surface area contributed by atoms with Crippen molar-refractivity contribution in [3.8, 4) is 0 Å². The van der Waals surface area contributed by atoms with E-state index in [2.05, 4.69) is 114 Å². The van der Waals surface area contributed by atoms with E-state index in [-0.39, 0.29) is 47.2 Å². The molecule has 0 aliphatic carbocycles. The van der Waals surface area contributed by atoms with Crippen LogP contribution in [-0.4, -0.2) is 38.1 Å². The van der Waals surface area contributed by atoms with Gasteiger partial charge in [0.15, 0.2) is 0 Å². The topological polar surface area (TPSA) is 27.3 Å². The van der Waals surface area contributed by atoms with Gasteiger partial charge in [-0.1, -0.05) is 91.8 Å². The van der Waals surface area contributed by atoms with Crippen molar-refractivity contribution in [1.29, 1.82) is 0 Å². The summed E-state index contributed by atoms with van der Waals surface area (Å²) in [6.45, 7) is 22.2. The van der Waals surface area contributed by atoms with Gasteiger partial charge in [-0.05, 0) is 53.0 Å². The Morgan fingerprint density at radius 3 is 1.06 bits per heavy atom. The SMILES string of the molecule is CC(C)c1cccc(C(C)C)c1NCCN(C)CCNc1c(C(C)C)cccc1C(C)C.[Ag].[Cl-].[Cl-]. The monoisotopic (exact) mass is 614 g/mol. The van der Waals surface area contributed by atoms with Crippen LogP contribution in [0.1, 0.15) is 101 Å². The van der Waals surface area contributed by atoms with Gasteiger partial charge in [-0.25, -0.2) is 0 Å². The molecule has 0 unspecified atom stereocenters. The molecule has 2 rings (SSSR count). The molecule has 0 amide bonds. The molecule has 0 fully saturated rings. The van der Waals surface area contributed by atoms with Crippen molar-refractivity contribution >= 4 is 11.4 Å². The Bertz CT molecular complexity index is 732. The standard InChI is InChI=1S/C29H47N3.Ag.2ClH/c1-20(2)24-12-10-13-25(21(3)4)28(24)30-16-18-32(9)19-17-31-29-26(22(5)6)14-11-15-27(29)23(7)8;;;/h10-15,20-23,30-31H,16-19H2,1-9H3;;2*1H/p-2. The van der Waals surface area contributed by atoms with Crippen LogP contribution in [0.3, 0.4) is 0 Å². The number of hydrogen-bond donors (Lipinski definition) is 2. The number of halogens is 2. The van der Waals surface area contributed by atoms with Crippen LogP contribution in [0.2, 0.25) is 0 Å². The second-order valence-corrected chi connectivity index (χ2v) is 10.4. The molecule has 0 aliphatic rings. The third-order valence-corrected chi connectivity index (χ3v) is 6.34. The second-order valence-electron chi connectivity index (χ2n) is 10.4. The zero-order valence-corrected chi connectivity index (χ0v) is 26.1. The van der Waals surface area contributed by atoms with Crippen LogP contribution < -0.4 is 35.4 Å². The van der Waals surface area contributed by atoms with Crippen LogP contribution in [0.15, 0.2) is 36.4 Å². The minimum absolute atomic E-state index is 0. The predicted octanol–water partition coefficient (Wildman–Crippen LogP) is 1.64. The van der Waals surface area contributed by atoms with Crippen LogP contribution in [0.5, 0.6) is 0 Å². The third kappa shape index (κ3) is 10.7. The van der Waals surface area contributed by atoms with Gasteiger partial charge in [0.1, 0.15) is 0 Å². The Kier molecular flexibility index (Phi) is 18.5. The molecule has 6 heteroatoms. The number of nitrogens with zero attached hydrogens (tertiary/aromatic N) is 1. The normalized spacial score (nSPS) is 10.9. The maximum absolute atomic E-state index is 3.77. The maximum atomic E-state index is 3.77. The molecule has 35 heavy (non-hydrogen) atoms. The van der Waals surface area contributed by atoms with Gasteiger partial charge in [0.2, 0.25) is 0 Å². The fourth-order valence-corrected chi connectivity index (χ4v) is 4.37. The molecule has 2 N–H and O–H groups in total. The average molecular weight is 616 g/mol. The number of hydrogen-bond acceptors (Lipinski definition) is 3. The maximum Gasteiger partial charge on any atom is 0.0410 e. The smallest absolute Gasteiger partial charge is 0.0410 e. The van der Waals surface area contributed by atoms with E-state index in [0.29, 0.717) is 23.7 Å². The van der Waals surface area contributed by atoms with Crippen molar-refractivity contribution in [2.24, 2.45) is 0 Å². The van der Waals surface area contributed by atoms with Crippen LogP contribution in [0, 0.1) is 0 Å². The molecule has 205 valence electrons. The Labute approximate surface area is 243 Å². The summed E-state index contributed by atoms with van der Waals surface area (Å²) in [7, 11) is 2.22. The van der Waals surface area contributed by atoms with E-state index in [9.17, 15) is 0 Å². The van der Waals surface area contributed by atoms with Gasteiger partial charge in [-0.2, -0.15) is 0 Å². The molecular weight excluding hydrogens is 569 g/mol. The molecule has 0 saturated carbocycles. The quantitative estimate of drug-likeness (QED) is 0.356. The van der Waals surface area contributed by atoms with Gasteiger partial charge in [-0.3, -0.25) is 0 Å².